The molecule has 2 aromatic rings. The van der Waals surface area contributed by atoms with E-state index in [0.29, 0.717) is 30.0 Å². The van der Waals surface area contributed by atoms with Crippen molar-refractivity contribution >= 4 is 17.7 Å². The van der Waals surface area contributed by atoms with Gasteiger partial charge in [-0.05, 0) is 32.9 Å². The van der Waals surface area contributed by atoms with Gasteiger partial charge in [0.15, 0.2) is 0 Å². The molecule has 1 amide bonds. The summed E-state index contributed by atoms with van der Waals surface area (Å²) in [5.41, 5.74) is 0.733. The van der Waals surface area contributed by atoms with Gasteiger partial charge in [0.2, 0.25) is 5.91 Å². The average molecular weight is 335 g/mol. The zero-order valence-electron chi connectivity index (χ0n) is 13.8. The van der Waals surface area contributed by atoms with Crippen LogP contribution in [0.25, 0.3) is 11.5 Å². The number of amides is 1. The number of thioether (sulfide) groups is 1. The van der Waals surface area contributed by atoms with Crippen molar-refractivity contribution in [3.8, 4) is 17.2 Å². The highest BCUT2D eigenvalue weighted by molar-refractivity contribution is 8.00. The van der Waals surface area contributed by atoms with Crippen molar-refractivity contribution in [1.82, 2.24) is 15.1 Å². The third-order valence-corrected chi connectivity index (χ3v) is 4.37. The Morgan fingerprint density at radius 3 is 2.65 bits per heavy atom. The highest BCUT2D eigenvalue weighted by Crippen LogP contribution is 2.31. The van der Waals surface area contributed by atoms with Crippen LogP contribution in [0.1, 0.15) is 20.8 Å². The third kappa shape index (κ3) is 4.04. The van der Waals surface area contributed by atoms with Crippen LogP contribution in [0.3, 0.4) is 0 Å². The van der Waals surface area contributed by atoms with Crippen LogP contribution in [-0.4, -0.2) is 46.5 Å². The molecular weight excluding hydrogens is 314 g/mol. The van der Waals surface area contributed by atoms with Crippen molar-refractivity contribution in [3.05, 3.63) is 24.3 Å². The Morgan fingerprint density at radius 2 is 2.00 bits per heavy atom. The molecule has 23 heavy (non-hydrogen) atoms. The van der Waals surface area contributed by atoms with Crippen LogP contribution in [-0.2, 0) is 4.79 Å². The molecule has 0 saturated heterocycles. The van der Waals surface area contributed by atoms with E-state index in [4.69, 9.17) is 9.15 Å². The Balaban J connectivity index is 2.12. The summed E-state index contributed by atoms with van der Waals surface area (Å²) in [5.74, 6) is 1.12. The summed E-state index contributed by atoms with van der Waals surface area (Å²) >= 11 is 1.27. The van der Waals surface area contributed by atoms with Crippen LogP contribution in [0, 0.1) is 0 Å². The normalized spacial score (nSPS) is 12.0. The number of ether oxygens (including phenoxy) is 1. The summed E-state index contributed by atoms with van der Waals surface area (Å²) in [5, 5.41) is 8.17. The summed E-state index contributed by atoms with van der Waals surface area (Å²) in [6.07, 6.45) is 0. The number of hydrogen-bond acceptors (Lipinski definition) is 6. The predicted molar refractivity (Wildman–Crippen MR) is 89.5 cm³/mol. The van der Waals surface area contributed by atoms with Gasteiger partial charge in [0.25, 0.3) is 11.1 Å². The summed E-state index contributed by atoms with van der Waals surface area (Å²) in [4.78, 5) is 14.1. The first-order valence-electron chi connectivity index (χ1n) is 7.53. The number of methoxy groups -OCH3 is 1. The van der Waals surface area contributed by atoms with Gasteiger partial charge in [0.05, 0.1) is 17.9 Å². The molecule has 0 spiro atoms. The molecule has 0 bridgehead atoms. The van der Waals surface area contributed by atoms with Crippen molar-refractivity contribution in [2.24, 2.45) is 0 Å². The van der Waals surface area contributed by atoms with Gasteiger partial charge in [-0.25, -0.2) is 0 Å². The summed E-state index contributed by atoms with van der Waals surface area (Å²) < 4.78 is 11.0. The molecule has 0 aliphatic carbocycles. The molecular formula is C16H21N3O3S. The maximum Gasteiger partial charge on any atom is 0.277 e. The van der Waals surface area contributed by atoms with E-state index in [0.717, 1.165) is 5.56 Å². The van der Waals surface area contributed by atoms with Crippen molar-refractivity contribution in [1.29, 1.82) is 0 Å². The molecule has 1 unspecified atom stereocenters. The van der Waals surface area contributed by atoms with Gasteiger partial charge in [-0.2, -0.15) is 0 Å². The van der Waals surface area contributed by atoms with E-state index in [-0.39, 0.29) is 11.2 Å². The number of nitrogens with zero attached hydrogens (tertiary/aromatic N) is 3. The quantitative estimate of drug-likeness (QED) is 0.724. The Labute approximate surface area is 140 Å². The van der Waals surface area contributed by atoms with Gasteiger partial charge in [0, 0.05) is 13.1 Å². The Kier molecular flexibility index (Phi) is 6.04. The van der Waals surface area contributed by atoms with E-state index >= 15 is 0 Å². The van der Waals surface area contributed by atoms with Crippen LogP contribution >= 0.6 is 11.8 Å². The van der Waals surface area contributed by atoms with Crippen LogP contribution in [0.15, 0.2) is 33.9 Å². The number of carbonyl (C=O) groups excluding carboxylic acids is 1. The fourth-order valence-electron chi connectivity index (χ4n) is 2.18. The lowest BCUT2D eigenvalue weighted by molar-refractivity contribution is -0.129. The first kappa shape index (κ1) is 17.3. The first-order valence-corrected chi connectivity index (χ1v) is 8.41. The monoisotopic (exact) mass is 335 g/mol. The minimum atomic E-state index is -0.277. The van der Waals surface area contributed by atoms with Crippen molar-refractivity contribution in [2.45, 2.75) is 31.2 Å². The molecule has 0 N–H and O–H groups in total. The number of para-hydroxylation sites is 1. The van der Waals surface area contributed by atoms with Crippen molar-refractivity contribution < 1.29 is 13.9 Å². The first-order chi connectivity index (χ1) is 11.1. The summed E-state index contributed by atoms with van der Waals surface area (Å²) in [6.45, 7) is 7.15. The molecule has 1 aromatic carbocycles. The van der Waals surface area contributed by atoms with Crippen LogP contribution in [0.2, 0.25) is 0 Å². The van der Waals surface area contributed by atoms with Gasteiger partial charge < -0.3 is 14.1 Å². The second-order valence-electron chi connectivity index (χ2n) is 4.84. The van der Waals surface area contributed by atoms with E-state index in [9.17, 15) is 4.79 Å². The Morgan fingerprint density at radius 1 is 1.30 bits per heavy atom. The maximum absolute atomic E-state index is 12.3. The zero-order chi connectivity index (χ0) is 16.8. The molecule has 1 aromatic heterocycles. The topological polar surface area (TPSA) is 68.5 Å². The largest absolute Gasteiger partial charge is 0.496 e. The minimum absolute atomic E-state index is 0.0667. The van der Waals surface area contributed by atoms with Gasteiger partial charge in [-0.3, -0.25) is 4.79 Å². The molecule has 2 rings (SSSR count). The summed E-state index contributed by atoms with van der Waals surface area (Å²) in [6, 6.07) is 7.44. The lowest BCUT2D eigenvalue weighted by atomic mass is 10.2. The van der Waals surface area contributed by atoms with E-state index < -0.39 is 0 Å². The molecule has 0 aliphatic rings. The minimum Gasteiger partial charge on any atom is -0.496 e. The van der Waals surface area contributed by atoms with E-state index in [1.807, 2.05) is 45.0 Å². The Bertz CT molecular complexity index is 656. The number of rotatable bonds is 7. The van der Waals surface area contributed by atoms with E-state index in [1.165, 1.54) is 11.8 Å². The predicted octanol–water partition coefficient (Wildman–Crippen LogP) is 3.09. The highest BCUT2D eigenvalue weighted by Gasteiger charge is 2.22. The summed E-state index contributed by atoms with van der Waals surface area (Å²) in [7, 11) is 1.59. The maximum atomic E-state index is 12.3. The second kappa shape index (κ2) is 8.01. The Hall–Kier alpha value is -2.02. The molecule has 0 aliphatic heterocycles. The second-order valence-corrected chi connectivity index (χ2v) is 6.14. The number of aromatic nitrogens is 2. The van der Waals surface area contributed by atoms with Gasteiger partial charge in [0.1, 0.15) is 5.75 Å². The molecule has 0 saturated carbocycles. The van der Waals surface area contributed by atoms with Crippen LogP contribution in [0.5, 0.6) is 5.75 Å². The standard InChI is InChI=1S/C16H21N3O3S/c1-5-19(6-2)15(20)11(3)23-16-18-17-14(22-16)12-9-7-8-10-13(12)21-4/h7-11H,5-6H2,1-4H3. The highest BCUT2D eigenvalue weighted by atomic mass is 32.2. The zero-order valence-corrected chi connectivity index (χ0v) is 14.6. The molecule has 0 fully saturated rings. The SMILES string of the molecule is CCN(CC)C(=O)C(C)Sc1nnc(-c2ccccc2OC)o1. The molecule has 124 valence electrons. The molecule has 6 nitrogen and oxygen atoms in total. The van der Waals surface area contributed by atoms with Gasteiger partial charge >= 0.3 is 0 Å². The fraction of sp³-hybridized carbons (Fsp3) is 0.438. The molecule has 7 heteroatoms. The van der Waals surface area contributed by atoms with E-state index in [1.54, 1.807) is 12.0 Å². The number of carbonyl (C=O) groups is 1. The van der Waals surface area contributed by atoms with E-state index in [2.05, 4.69) is 10.2 Å². The lowest BCUT2D eigenvalue weighted by Gasteiger charge is -2.21. The van der Waals surface area contributed by atoms with Gasteiger partial charge in [-0.15, -0.1) is 10.2 Å². The van der Waals surface area contributed by atoms with Crippen molar-refractivity contribution in [2.75, 3.05) is 20.2 Å². The number of hydrogen-bond donors (Lipinski definition) is 0. The molecule has 1 atom stereocenters. The van der Waals surface area contributed by atoms with Crippen molar-refractivity contribution in [3.63, 3.8) is 0 Å². The van der Waals surface area contributed by atoms with Crippen LogP contribution < -0.4 is 4.74 Å². The molecule has 0 radical (unpaired) electrons. The number of benzene rings is 1. The fourth-order valence-corrected chi connectivity index (χ4v) is 2.95. The van der Waals surface area contributed by atoms with Gasteiger partial charge in [-0.1, -0.05) is 23.9 Å². The lowest BCUT2D eigenvalue weighted by Crippen LogP contribution is -2.36. The smallest absolute Gasteiger partial charge is 0.277 e. The third-order valence-electron chi connectivity index (χ3n) is 3.44. The molecule has 1 heterocycles. The van der Waals surface area contributed by atoms with Crippen LogP contribution in [0.4, 0.5) is 0 Å². The average Bonchev–Trinajstić information content (AvgIpc) is 3.04.